The molecule has 0 bridgehead atoms. The lowest BCUT2D eigenvalue weighted by Gasteiger charge is -2.15. The molecule has 0 aromatic heterocycles. The Balaban J connectivity index is 0.00000242. The zero-order valence-corrected chi connectivity index (χ0v) is 14.2. The van der Waals surface area contributed by atoms with E-state index in [0.717, 1.165) is 19.5 Å². The van der Waals surface area contributed by atoms with Crippen molar-refractivity contribution in [3.8, 4) is 11.5 Å². The summed E-state index contributed by atoms with van der Waals surface area (Å²) in [5.74, 6) is 1.63. The van der Waals surface area contributed by atoms with Crippen LogP contribution in [0.3, 0.4) is 0 Å². The number of hydrogen-bond donors (Lipinski definition) is 2. The Kier molecular flexibility index (Phi) is 7.48. The zero-order valence-electron chi connectivity index (χ0n) is 13.3. The van der Waals surface area contributed by atoms with Crippen LogP contribution in [0, 0.1) is 5.92 Å². The maximum Gasteiger partial charge on any atom is 0.251 e. The first-order chi connectivity index (χ1) is 10.1. The minimum absolute atomic E-state index is 0. The van der Waals surface area contributed by atoms with Crippen LogP contribution in [0.2, 0.25) is 0 Å². The molecule has 1 aliphatic rings. The standard InChI is InChI=1S/C16H24N2O3.ClH/c1-11(2)10-21-14-5-4-12(8-15(14)20-3)16(19)18-13-6-7-17-9-13;/h4-5,8,11,13,17H,6-7,9-10H2,1-3H3,(H,18,19);1H. The van der Waals surface area contributed by atoms with E-state index in [1.54, 1.807) is 25.3 Å². The van der Waals surface area contributed by atoms with Crippen LogP contribution in [0.5, 0.6) is 11.5 Å². The quantitative estimate of drug-likeness (QED) is 0.841. The molecule has 0 saturated carbocycles. The van der Waals surface area contributed by atoms with E-state index in [1.807, 2.05) is 0 Å². The second kappa shape index (κ2) is 8.86. The number of benzene rings is 1. The van der Waals surface area contributed by atoms with Crippen molar-refractivity contribution in [2.75, 3.05) is 26.8 Å². The second-order valence-corrected chi connectivity index (χ2v) is 5.73. The zero-order chi connectivity index (χ0) is 15.2. The molecule has 1 aliphatic heterocycles. The van der Waals surface area contributed by atoms with Crippen molar-refractivity contribution in [3.05, 3.63) is 23.8 Å². The molecule has 1 atom stereocenters. The Bertz CT molecular complexity index is 488. The molecule has 1 saturated heterocycles. The van der Waals surface area contributed by atoms with Crippen LogP contribution < -0.4 is 20.1 Å². The van der Waals surface area contributed by atoms with Crippen LogP contribution in [-0.4, -0.2) is 38.8 Å². The van der Waals surface area contributed by atoms with E-state index >= 15 is 0 Å². The highest BCUT2D eigenvalue weighted by atomic mass is 35.5. The third kappa shape index (κ3) is 5.07. The maximum absolute atomic E-state index is 12.2. The van der Waals surface area contributed by atoms with Crippen molar-refractivity contribution in [2.24, 2.45) is 5.92 Å². The third-order valence-corrected chi connectivity index (χ3v) is 3.39. The van der Waals surface area contributed by atoms with Gasteiger partial charge in [-0.15, -0.1) is 12.4 Å². The van der Waals surface area contributed by atoms with Gasteiger partial charge in [-0.05, 0) is 37.1 Å². The van der Waals surface area contributed by atoms with E-state index in [4.69, 9.17) is 9.47 Å². The Morgan fingerprint density at radius 1 is 1.41 bits per heavy atom. The predicted octanol–water partition coefficient (Wildman–Crippen LogP) is 2.24. The Morgan fingerprint density at radius 2 is 2.18 bits per heavy atom. The van der Waals surface area contributed by atoms with Crippen molar-refractivity contribution in [3.63, 3.8) is 0 Å². The molecule has 5 nitrogen and oxygen atoms in total. The Labute approximate surface area is 138 Å². The number of halogens is 1. The van der Waals surface area contributed by atoms with Gasteiger partial charge in [0.2, 0.25) is 0 Å². The van der Waals surface area contributed by atoms with Crippen LogP contribution in [-0.2, 0) is 0 Å². The van der Waals surface area contributed by atoms with Gasteiger partial charge in [0.1, 0.15) is 0 Å². The highest BCUT2D eigenvalue weighted by Crippen LogP contribution is 2.28. The monoisotopic (exact) mass is 328 g/mol. The summed E-state index contributed by atoms with van der Waals surface area (Å²) in [6.07, 6.45) is 0.971. The molecule has 1 amide bonds. The van der Waals surface area contributed by atoms with Gasteiger partial charge in [-0.3, -0.25) is 4.79 Å². The lowest BCUT2D eigenvalue weighted by atomic mass is 10.1. The number of methoxy groups -OCH3 is 1. The van der Waals surface area contributed by atoms with Crippen molar-refractivity contribution in [1.29, 1.82) is 0 Å². The number of hydrogen-bond acceptors (Lipinski definition) is 4. The molecule has 124 valence electrons. The summed E-state index contributed by atoms with van der Waals surface area (Å²) < 4.78 is 11.0. The molecule has 6 heteroatoms. The Hall–Kier alpha value is -1.46. The third-order valence-electron chi connectivity index (χ3n) is 3.39. The lowest BCUT2D eigenvalue weighted by Crippen LogP contribution is -2.36. The summed E-state index contributed by atoms with van der Waals surface area (Å²) in [5, 5.41) is 6.25. The van der Waals surface area contributed by atoms with E-state index < -0.39 is 0 Å². The van der Waals surface area contributed by atoms with Gasteiger partial charge in [-0.2, -0.15) is 0 Å². The minimum Gasteiger partial charge on any atom is -0.493 e. The molecule has 1 aromatic carbocycles. The molecule has 1 heterocycles. The van der Waals surface area contributed by atoms with E-state index in [1.165, 1.54) is 0 Å². The average molecular weight is 329 g/mol. The van der Waals surface area contributed by atoms with Crippen LogP contribution in [0.4, 0.5) is 0 Å². The molecule has 0 aliphatic carbocycles. The molecule has 0 spiro atoms. The average Bonchev–Trinajstić information content (AvgIpc) is 2.97. The van der Waals surface area contributed by atoms with Gasteiger partial charge < -0.3 is 20.1 Å². The smallest absolute Gasteiger partial charge is 0.251 e. The first-order valence-electron chi connectivity index (χ1n) is 7.42. The number of amides is 1. The number of rotatable bonds is 6. The summed E-state index contributed by atoms with van der Waals surface area (Å²) in [5.41, 5.74) is 0.593. The minimum atomic E-state index is -0.0718. The summed E-state index contributed by atoms with van der Waals surface area (Å²) in [4.78, 5) is 12.2. The van der Waals surface area contributed by atoms with Gasteiger partial charge in [0, 0.05) is 18.2 Å². The lowest BCUT2D eigenvalue weighted by molar-refractivity contribution is 0.0939. The van der Waals surface area contributed by atoms with Crippen molar-refractivity contribution < 1.29 is 14.3 Å². The first kappa shape index (κ1) is 18.6. The van der Waals surface area contributed by atoms with E-state index in [9.17, 15) is 4.79 Å². The number of carbonyl (C=O) groups is 1. The summed E-state index contributed by atoms with van der Waals surface area (Å²) in [6, 6.07) is 5.51. The number of ether oxygens (including phenoxy) is 2. The van der Waals surface area contributed by atoms with Crippen molar-refractivity contribution in [1.82, 2.24) is 10.6 Å². The molecule has 0 radical (unpaired) electrons. The van der Waals surface area contributed by atoms with Gasteiger partial charge in [-0.1, -0.05) is 13.8 Å². The van der Waals surface area contributed by atoms with Gasteiger partial charge in [0.05, 0.1) is 13.7 Å². The molecule has 2 rings (SSSR count). The fourth-order valence-corrected chi connectivity index (χ4v) is 2.23. The van der Waals surface area contributed by atoms with E-state index in [2.05, 4.69) is 24.5 Å². The fraction of sp³-hybridized carbons (Fsp3) is 0.562. The van der Waals surface area contributed by atoms with Crippen molar-refractivity contribution >= 4 is 18.3 Å². The normalized spacial score (nSPS) is 17.0. The molecule has 1 unspecified atom stereocenters. The number of carbonyl (C=O) groups excluding carboxylic acids is 1. The molecule has 1 aromatic rings. The molecular weight excluding hydrogens is 304 g/mol. The SMILES string of the molecule is COc1cc(C(=O)NC2CCNC2)ccc1OCC(C)C.Cl. The van der Waals surface area contributed by atoms with Crippen LogP contribution in [0.1, 0.15) is 30.6 Å². The van der Waals surface area contributed by atoms with Crippen LogP contribution >= 0.6 is 12.4 Å². The largest absolute Gasteiger partial charge is 0.493 e. The summed E-state index contributed by atoms with van der Waals surface area (Å²) in [6.45, 7) is 6.58. The summed E-state index contributed by atoms with van der Waals surface area (Å²) >= 11 is 0. The highest BCUT2D eigenvalue weighted by molar-refractivity contribution is 5.95. The number of nitrogens with one attached hydrogen (secondary N) is 2. The van der Waals surface area contributed by atoms with E-state index in [0.29, 0.717) is 29.6 Å². The Morgan fingerprint density at radius 3 is 2.77 bits per heavy atom. The van der Waals surface area contributed by atoms with Gasteiger partial charge in [-0.25, -0.2) is 0 Å². The maximum atomic E-state index is 12.2. The van der Waals surface area contributed by atoms with Gasteiger partial charge in [0.15, 0.2) is 11.5 Å². The van der Waals surface area contributed by atoms with Crippen LogP contribution in [0.25, 0.3) is 0 Å². The fourth-order valence-electron chi connectivity index (χ4n) is 2.23. The van der Waals surface area contributed by atoms with Gasteiger partial charge in [0.25, 0.3) is 5.91 Å². The van der Waals surface area contributed by atoms with Crippen molar-refractivity contribution in [2.45, 2.75) is 26.3 Å². The molecular formula is C16H25ClN2O3. The first-order valence-corrected chi connectivity index (χ1v) is 7.42. The predicted molar refractivity (Wildman–Crippen MR) is 89.3 cm³/mol. The van der Waals surface area contributed by atoms with E-state index in [-0.39, 0.29) is 24.4 Å². The topological polar surface area (TPSA) is 59.6 Å². The second-order valence-electron chi connectivity index (χ2n) is 5.73. The summed E-state index contributed by atoms with van der Waals surface area (Å²) in [7, 11) is 1.58. The highest BCUT2D eigenvalue weighted by Gasteiger charge is 2.18. The molecule has 1 fully saturated rings. The van der Waals surface area contributed by atoms with Gasteiger partial charge >= 0.3 is 0 Å². The molecule has 2 N–H and O–H groups in total. The van der Waals surface area contributed by atoms with Crippen LogP contribution in [0.15, 0.2) is 18.2 Å². The molecule has 22 heavy (non-hydrogen) atoms.